The molecule has 0 fully saturated rings. The van der Waals surface area contributed by atoms with Gasteiger partial charge in [0.1, 0.15) is 11.9 Å². The number of aromatic hydroxyl groups is 1. The zero-order valence-electron chi connectivity index (χ0n) is 8.65. The Labute approximate surface area is 98.7 Å². The normalized spacial score (nSPS) is 13.9. The molecule has 98 valence electrons. The van der Waals surface area contributed by atoms with Crippen molar-refractivity contribution >= 4 is 11.7 Å². The number of hydrogen-bond donors (Lipinski definition) is 4. The summed E-state index contributed by atoms with van der Waals surface area (Å²) in [7, 11) is 0. The number of phenolic OH excluding ortho intramolecular Hbond substituents is 1. The van der Waals surface area contributed by atoms with Crippen LogP contribution in [0, 0.1) is 15.9 Å². The summed E-state index contributed by atoms with van der Waals surface area (Å²) in [4.78, 5) is 19.8. The number of rotatable bonds is 4. The first-order valence-corrected chi connectivity index (χ1v) is 4.51. The molecule has 1 aromatic rings. The van der Waals surface area contributed by atoms with E-state index in [-0.39, 0.29) is 0 Å². The molecule has 0 saturated heterocycles. The van der Waals surface area contributed by atoms with Crippen LogP contribution < -0.4 is 0 Å². The molecule has 0 bridgehead atoms. The van der Waals surface area contributed by atoms with Gasteiger partial charge >= 0.3 is 11.7 Å². The smallest absolute Gasteiger partial charge is 0.335 e. The van der Waals surface area contributed by atoms with Gasteiger partial charge in [0.15, 0.2) is 11.9 Å². The molecule has 1 aromatic carbocycles. The number of halogens is 1. The monoisotopic (exact) mass is 261 g/mol. The molecule has 0 aromatic heterocycles. The highest BCUT2D eigenvalue weighted by atomic mass is 19.1. The summed E-state index contributed by atoms with van der Waals surface area (Å²) in [6, 6.07) is 0.812. The fourth-order valence-electron chi connectivity index (χ4n) is 1.25. The van der Waals surface area contributed by atoms with Crippen molar-refractivity contribution in [1.29, 1.82) is 0 Å². The Hall–Kier alpha value is -2.26. The Morgan fingerprint density at radius 3 is 2.39 bits per heavy atom. The first-order valence-electron chi connectivity index (χ1n) is 4.51. The Kier molecular flexibility index (Phi) is 3.79. The molecule has 0 saturated carbocycles. The average molecular weight is 261 g/mol. The van der Waals surface area contributed by atoms with E-state index in [0.29, 0.717) is 12.1 Å². The minimum atomic E-state index is -2.34. The standard InChI is InChI=1S/C9H8FNO7/c10-4-2-6(12)5(11(17)18)1-3(4)7(13)8(14)9(15)16/h1-2,7-8,12-14H,(H,15,16). The maximum atomic E-state index is 13.3. The van der Waals surface area contributed by atoms with Gasteiger partial charge in [-0.2, -0.15) is 0 Å². The first kappa shape index (κ1) is 13.8. The first-order chi connectivity index (χ1) is 8.25. The molecule has 0 spiro atoms. The summed E-state index contributed by atoms with van der Waals surface area (Å²) in [6.45, 7) is 0. The molecule has 0 aliphatic heterocycles. The van der Waals surface area contributed by atoms with Crippen molar-refractivity contribution in [3.05, 3.63) is 33.6 Å². The highest BCUT2D eigenvalue weighted by Crippen LogP contribution is 2.32. The number of phenols is 1. The van der Waals surface area contributed by atoms with Crippen LogP contribution in [0.1, 0.15) is 11.7 Å². The molecule has 0 aliphatic rings. The molecule has 0 aliphatic carbocycles. The van der Waals surface area contributed by atoms with Crippen molar-refractivity contribution in [3.63, 3.8) is 0 Å². The van der Waals surface area contributed by atoms with Gasteiger partial charge in [-0.25, -0.2) is 9.18 Å². The lowest BCUT2D eigenvalue weighted by Gasteiger charge is -2.15. The number of aliphatic carboxylic acids is 1. The number of aliphatic hydroxyl groups excluding tert-OH is 2. The van der Waals surface area contributed by atoms with Crippen molar-refractivity contribution in [3.8, 4) is 5.75 Å². The predicted molar refractivity (Wildman–Crippen MR) is 53.3 cm³/mol. The number of nitro groups is 1. The second-order valence-electron chi connectivity index (χ2n) is 3.35. The second kappa shape index (κ2) is 4.94. The number of benzene rings is 1. The van der Waals surface area contributed by atoms with Gasteiger partial charge in [0.05, 0.1) is 4.92 Å². The van der Waals surface area contributed by atoms with Crippen molar-refractivity contribution < 1.29 is 34.5 Å². The molecule has 0 amide bonds. The Balaban J connectivity index is 3.28. The maximum absolute atomic E-state index is 13.3. The van der Waals surface area contributed by atoms with Crippen molar-refractivity contribution in [2.75, 3.05) is 0 Å². The van der Waals surface area contributed by atoms with E-state index in [4.69, 9.17) is 15.3 Å². The van der Waals surface area contributed by atoms with Gasteiger partial charge in [0.25, 0.3) is 0 Å². The van der Waals surface area contributed by atoms with E-state index in [1.165, 1.54) is 0 Å². The highest BCUT2D eigenvalue weighted by Gasteiger charge is 2.30. The maximum Gasteiger partial charge on any atom is 0.335 e. The summed E-state index contributed by atoms with van der Waals surface area (Å²) < 4.78 is 13.3. The van der Waals surface area contributed by atoms with Crippen LogP contribution in [0.4, 0.5) is 10.1 Å². The fourth-order valence-corrected chi connectivity index (χ4v) is 1.25. The molecule has 0 radical (unpaired) electrons. The Morgan fingerprint density at radius 1 is 1.39 bits per heavy atom. The van der Waals surface area contributed by atoms with Crippen LogP contribution in [-0.2, 0) is 4.79 Å². The van der Waals surface area contributed by atoms with E-state index in [9.17, 15) is 24.4 Å². The van der Waals surface area contributed by atoms with E-state index in [1.807, 2.05) is 0 Å². The van der Waals surface area contributed by atoms with Crippen molar-refractivity contribution in [2.24, 2.45) is 0 Å². The molecule has 1 rings (SSSR count). The third-order valence-electron chi connectivity index (χ3n) is 2.16. The molecule has 18 heavy (non-hydrogen) atoms. The lowest BCUT2D eigenvalue weighted by molar-refractivity contribution is -0.386. The Bertz CT molecular complexity index is 504. The van der Waals surface area contributed by atoms with Gasteiger partial charge in [0, 0.05) is 17.7 Å². The average Bonchev–Trinajstić information content (AvgIpc) is 2.26. The summed E-state index contributed by atoms with van der Waals surface area (Å²) in [5.41, 5.74) is -1.71. The molecule has 2 unspecified atom stereocenters. The molecule has 0 heterocycles. The van der Waals surface area contributed by atoms with Gasteiger partial charge in [-0.1, -0.05) is 0 Å². The van der Waals surface area contributed by atoms with Crippen molar-refractivity contribution in [2.45, 2.75) is 12.2 Å². The molecular formula is C9H8FNO7. The fraction of sp³-hybridized carbons (Fsp3) is 0.222. The summed E-state index contributed by atoms with van der Waals surface area (Å²) >= 11 is 0. The molecule has 9 heteroatoms. The SMILES string of the molecule is O=C(O)C(O)C(O)c1cc([N+](=O)[O-])c(O)cc1F. The molecule has 2 atom stereocenters. The zero-order chi connectivity index (χ0) is 14.0. The zero-order valence-corrected chi connectivity index (χ0v) is 8.65. The third kappa shape index (κ3) is 2.52. The van der Waals surface area contributed by atoms with E-state index >= 15 is 0 Å². The lowest BCUT2D eigenvalue weighted by atomic mass is 10.0. The van der Waals surface area contributed by atoms with E-state index in [0.717, 1.165) is 0 Å². The van der Waals surface area contributed by atoms with E-state index in [2.05, 4.69) is 0 Å². The number of aliphatic hydroxyl groups is 2. The number of hydrogen-bond acceptors (Lipinski definition) is 6. The molecular weight excluding hydrogens is 253 g/mol. The van der Waals surface area contributed by atoms with Crippen LogP contribution in [0.5, 0.6) is 5.75 Å². The molecule has 8 nitrogen and oxygen atoms in total. The topological polar surface area (TPSA) is 141 Å². The van der Waals surface area contributed by atoms with Gasteiger partial charge in [-0.05, 0) is 0 Å². The summed E-state index contributed by atoms with van der Waals surface area (Å²) in [5.74, 6) is -4.07. The van der Waals surface area contributed by atoms with E-state index < -0.39 is 45.9 Å². The van der Waals surface area contributed by atoms with Gasteiger partial charge in [0.2, 0.25) is 0 Å². The Morgan fingerprint density at radius 2 is 1.94 bits per heavy atom. The van der Waals surface area contributed by atoms with Crippen LogP contribution in [0.15, 0.2) is 12.1 Å². The van der Waals surface area contributed by atoms with Crippen LogP contribution >= 0.6 is 0 Å². The summed E-state index contributed by atoms with van der Waals surface area (Å²) in [6.07, 6.45) is -4.54. The predicted octanol–water partition coefficient (Wildman–Crippen LogP) is -0.0816. The number of carboxylic acids is 1. The van der Waals surface area contributed by atoms with Crippen LogP contribution in [0.25, 0.3) is 0 Å². The largest absolute Gasteiger partial charge is 0.502 e. The van der Waals surface area contributed by atoms with Gasteiger partial charge in [-0.3, -0.25) is 10.1 Å². The van der Waals surface area contributed by atoms with Crippen molar-refractivity contribution in [1.82, 2.24) is 0 Å². The quantitative estimate of drug-likeness (QED) is 0.438. The summed E-state index contributed by atoms with van der Waals surface area (Å²) in [5, 5.41) is 46.4. The van der Waals surface area contributed by atoms with Gasteiger partial charge in [-0.15, -0.1) is 0 Å². The minimum Gasteiger partial charge on any atom is -0.502 e. The number of carboxylic acid groups (broad SMARTS) is 1. The van der Waals surface area contributed by atoms with E-state index in [1.54, 1.807) is 0 Å². The second-order valence-corrected chi connectivity index (χ2v) is 3.35. The van der Waals surface area contributed by atoms with Crippen LogP contribution in [0.3, 0.4) is 0 Å². The van der Waals surface area contributed by atoms with Crippen LogP contribution in [-0.4, -0.2) is 37.4 Å². The third-order valence-corrected chi connectivity index (χ3v) is 2.16. The minimum absolute atomic E-state index is 0.352. The number of nitro benzene ring substituents is 1. The highest BCUT2D eigenvalue weighted by molar-refractivity contribution is 5.73. The number of carbonyl (C=O) groups is 1. The molecule has 4 N–H and O–H groups in total. The van der Waals surface area contributed by atoms with Gasteiger partial charge < -0.3 is 20.4 Å². The lowest BCUT2D eigenvalue weighted by Crippen LogP contribution is -2.28. The number of nitrogens with zero attached hydrogens (tertiary/aromatic N) is 1. The van der Waals surface area contributed by atoms with Crippen LogP contribution in [0.2, 0.25) is 0 Å².